The maximum atomic E-state index is 12.9. The number of aryl methyl sites for hydroxylation is 4. The van der Waals surface area contributed by atoms with Gasteiger partial charge in [-0.05, 0) is 97.0 Å². The first-order valence-electron chi connectivity index (χ1n) is 14.6. The number of benzene rings is 3. The van der Waals surface area contributed by atoms with Crippen LogP contribution >= 0.6 is 0 Å². The lowest BCUT2D eigenvalue weighted by atomic mass is 9.93. The monoisotopic (exact) mass is 526 g/mol. The molecule has 0 atom stereocenters. The van der Waals surface area contributed by atoms with E-state index in [1.807, 2.05) is 25.1 Å². The van der Waals surface area contributed by atoms with Crippen molar-refractivity contribution in [2.75, 3.05) is 5.32 Å². The fourth-order valence-electron chi connectivity index (χ4n) is 5.17. The molecule has 0 bridgehead atoms. The Morgan fingerprint density at radius 1 is 0.795 bits per heavy atom. The van der Waals surface area contributed by atoms with E-state index in [0.29, 0.717) is 13.0 Å². The summed E-state index contributed by atoms with van der Waals surface area (Å²) in [4.78, 5) is 24.9. The third-order valence-electron chi connectivity index (χ3n) is 8.01. The number of Topliss-reactive ketones (excluding diaryl/α,β-unsaturated/α-hetero) is 1. The van der Waals surface area contributed by atoms with E-state index in [9.17, 15) is 9.59 Å². The summed E-state index contributed by atoms with van der Waals surface area (Å²) in [5.41, 5.74) is 9.94. The van der Waals surface area contributed by atoms with Crippen molar-refractivity contribution in [1.29, 1.82) is 0 Å². The molecule has 0 radical (unpaired) electrons. The van der Waals surface area contributed by atoms with E-state index in [1.54, 1.807) is 0 Å². The smallest absolute Gasteiger partial charge is 0.319 e. The summed E-state index contributed by atoms with van der Waals surface area (Å²) in [7, 11) is 0. The molecule has 2 amide bonds. The Hall–Kier alpha value is -3.40. The van der Waals surface area contributed by atoms with Crippen molar-refractivity contribution < 1.29 is 9.59 Å². The normalized spacial score (nSPS) is 11.1. The van der Waals surface area contributed by atoms with Gasteiger partial charge in [0, 0.05) is 24.2 Å². The summed E-state index contributed by atoms with van der Waals surface area (Å²) in [5, 5.41) is 6.15. The fourth-order valence-corrected chi connectivity index (χ4v) is 5.17. The average Bonchev–Trinajstić information content (AvgIpc) is 2.93. The van der Waals surface area contributed by atoms with Gasteiger partial charge in [-0.3, -0.25) is 4.79 Å². The lowest BCUT2D eigenvalue weighted by Crippen LogP contribution is -2.28. The summed E-state index contributed by atoms with van der Waals surface area (Å²) in [6.07, 6.45) is 7.08. The van der Waals surface area contributed by atoms with E-state index in [2.05, 4.69) is 81.7 Å². The Morgan fingerprint density at radius 2 is 1.54 bits per heavy atom. The van der Waals surface area contributed by atoms with Gasteiger partial charge < -0.3 is 10.6 Å². The number of rotatable bonds is 13. The van der Waals surface area contributed by atoms with Gasteiger partial charge in [0.15, 0.2) is 5.78 Å². The quantitative estimate of drug-likeness (QED) is 0.219. The van der Waals surface area contributed by atoms with Crippen LogP contribution in [-0.2, 0) is 19.4 Å². The van der Waals surface area contributed by atoms with Gasteiger partial charge in [-0.15, -0.1) is 0 Å². The molecule has 4 heteroatoms. The third kappa shape index (κ3) is 8.81. The van der Waals surface area contributed by atoms with Gasteiger partial charge in [0.25, 0.3) is 0 Å². The molecule has 0 unspecified atom stereocenters. The van der Waals surface area contributed by atoms with E-state index in [-0.39, 0.29) is 11.8 Å². The lowest BCUT2D eigenvalue weighted by molar-refractivity contribution is 0.0988. The van der Waals surface area contributed by atoms with E-state index in [4.69, 9.17) is 0 Å². The number of amides is 2. The second-order valence-corrected chi connectivity index (χ2v) is 10.9. The molecule has 0 spiro atoms. The predicted octanol–water partition coefficient (Wildman–Crippen LogP) is 8.88. The molecule has 0 saturated heterocycles. The zero-order valence-electron chi connectivity index (χ0n) is 24.7. The molecule has 3 rings (SSSR count). The topological polar surface area (TPSA) is 58.2 Å². The molecule has 0 saturated carbocycles. The van der Waals surface area contributed by atoms with Crippen LogP contribution in [0.2, 0.25) is 0 Å². The minimum absolute atomic E-state index is 0.169. The summed E-state index contributed by atoms with van der Waals surface area (Å²) in [6.45, 7) is 13.2. The number of ketones is 1. The van der Waals surface area contributed by atoms with Crippen LogP contribution < -0.4 is 10.6 Å². The molecule has 0 aliphatic heterocycles. The Kier molecular flexibility index (Phi) is 11.3. The number of nitrogens with one attached hydrogen (secondary N) is 2. The van der Waals surface area contributed by atoms with Crippen LogP contribution in [0.3, 0.4) is 0 Å². The second kappa shape index (κ2) is 14.7. The number of carbonyl (C=O) groups excluding carboxylic acids is 2. The number of carbonyl (C=O) groups is 2. The first kappa shape index (κ1) is 30.1. The van der Waals surface area contributed by atoms with Crippen molar-refractivity contribution in [2.24, 2.45) is 5.92 Å². The zero-order valence-corrected chi connectivity index (χ0v) is 24.7. The fraction of sp³-hybridized carbons (Fsp3) is 0.429. The summed E-state index contributed by atoms with van der Waals surface area (Å²) < 4.78 is 0. The van der Waals surface area contributed by atoms with Gasteiger partial charge in [0.1, 0.15) is 0 Å². The first-order chi connectivity index (χ1) is 18.7. The molecule has 0 heterocycles. The molecule has 4 nitrogen and oxygen atoms in total. The van der Waals surface area contributed by atoms with Crippen LogP contribution in [0, 0.1) is 26.7 Å². The number of hydrogen-bond acceptors (Lipinski definition) is 2. The highest BCUT2D eigenvalue weighted by Crippen LogP contribution is 2.25. The number of urea groups is 1. The van der Waals surface area contributed by atoms with Gasteiger partial charge in [-0.2, -0.15) is 0 Å². The maximum absolute atomic E-state index is 12.9. The van der Waals surface area contributed by atoms with E-state index < -0.39 is 0 Å². The van der Waals surface area contributed by atoms with Crippen molar-refractivity contribution in [3.63, 3.8) is 0 Å². The third-order valence-corrected chi connectivity index (χ3v) is 8.01. The van der Waals surface area contributed by atoms with Gasteiger partial charge in [0.05, 0.1) is 0 Å². The Bertz CT molecular complexity index is 1270. The summed E-state index contributed by atoms with van der Waals surface area (Å²) >= 11 is 0. The van der Waals surface area contributed by atoms with E-state index >= 15 is 0 Å². The van der Waals surface area contributed by atoms with Crippen molar-refractivity contribution in [2.45, 2.75) is 93.0 Å². The van der Waals surface area contributed by atoms with Crippen LogP contribution in [0.15, 0.2) is 54.6 Å². The molecule has 3 aromatic rings. The number of hydrogen-bond donors (Lipinski definition) is 2. The molecule has 0 aromatic heterocycles. The largest absolute Gasteiger partial charge is 0.334 e. The molecular weight excluding hydrogens is 480 g/mol. The molecule has 0 fully saturated rings. The first-order valence-corrected chi connectivity index (χ1v) is 14.6. The zero-order chi connectivity index (χ0) is 28.4. The standard InChI is InChI=1S/C35H46N2O2/c1-7-27(8-2)12-10-14-31-19-24(4)25(5)20-33(31)37-35(39)36-23-29-16-17-30(26(6)18-29)21-28-13-11-15-32(22-28)34(38)9-3/h11,13,15-20,22,27H,7-10,12,14,21,23H2,1-6H3,(H2,36,37,39). The van der Waals surface area contributed by atoms with Crippen LogP contribution in [0.5, 0.6) is 0 Å². The van der Waals surface area contributed by atoms with Gasteiger partial charge >= 0.3 is 6.03 Å². The lowest BCUT2D eigenvalue weighted by Gasteiger charge is -2.17. The molecule has 208 valence electrons. The van der Waals surface area contributed by atoms with Gasteiger partial charge in [-0.1, -0.05) is 82.5 Å². The Labute approximate surface area is 235 Å². The van der Waals surface area contributed by atoms with E-state index in [1.165, 1.54) is 47.1 Å². The highest BCUT2D eigenvalue weighted by molar-refractivity contribution is 5.96. The van der Waals surface area contributed by atoms with Gasteiger partial charge in [-0.25, -0.2) is 4.79 Å². The Morgan fingerprint density at radius 3 is 2.23 bits per heavy atom. The summed E-state index contributed by atoms with van der Waals surface area (Å²) in [6, 6.07) is 18.4. The predicted molar refractivity (Wildman–Crippen MR) is 164 cm³/mol. The van der Waals surface area contributed by atoms with Crippen molar-refractivity contribution in [1.82, 2.24) is 5.32 Å². The SMILES string of the molecule is CCC(=O)c1cccc(Cc2ccc(CNC(=O)Nc3cc(C)c(C)cc3CCCC(CC)CC)cc2C)c1. The van der Waals surface area contributed by atoms with Crippen LogP contribution in [-0.4, -0.2) is 11.8 Å². The highest BCUT2D eigenvalue weighted by Gasteiger charge is 2.12. The van der Waals surface area contributed by atoms with E-state index in [0.717, 1.165) is 47.6 Å². The average molecular weight is 527 g/mol. The second-order valence-electron chi connectivity index (χ2n) is 10.9. The minimum atomic E-state index is -0.182. The molecule has 2 N–H and O–H groups in total. The summed E-state index contributed by atoms with van der Waals surface area (Å²) in [5.74, 6) is 0.948. The number of anilines is 1. The molecular formula is C35H46N2O2. The molecule has 39 heavy (non-hydrogen) atoms. The van der Waals surface area contributed by atoms with Crippen molar-refractivity contribution in [3.8, 4) is 0 Å². The van der Waals surface area contributed by atoms with Crippen LogP contribution in [0.4, 0.5) is 10.5 Å². The molecule has 3 aromatic carbocycles. The maximum Gasteiger partial charge on any atom is 0.319 e. The van der Waals surface area contributed by atoms with Gasteiger partial charge in [0.2, 0.25) is 0 Å². The van der Waals surface area contributed by atoms with Crippen LogP contribution in [0.25, 0.3) is 0 Å². The minimum Gasteiger partial charge on any atom is -0.334 e. The molecule has 0 aliphatic rings. The molecule has 0 aliphatic carbocycles. The Balaban J connectivity index is 1.60. The highest BCUT2D eigenvalue weighted by atomic mass is 16.2. The van der Waals surface area contributed by atoms with Crippen molar-refractivity contribution >= 4 is 17.5 Å². The van der Waals surface area contributed by atoms with Crippen LogP contribution in [0.1, 0.15) is 102 Å². The van der Waals surface area contributed by atoms with Crippen molar-refractivity contribution in [3.05, 3.63) is 99.1 Å².